The van der Waals surface area contributed by atoms with Crippen molar-refractivity contribution in [1.82, 2.24) is 5.32 Å². The molecule has 1 rings (SSSR count). The summed E-state index contributed by atoms with van der Waals surface area (Å²) in [6.07, 6.45) is 1.00. The Morgan fingerprint density at radius 2 is 1.95 bits per heavy atom. The van der Waals surface area contributed by atoms with Crippen molar-refractivity contribution in [2.45, 2.75) is 32.7 Å². The molecule has 0 heterocycles. The summed E-state index contributed by atoms with van der Waals surface area (Å²) in [4.78, 5) is 11.4. The highest BCUT2D eigenvalue weighted by Gasteiger charge is 2.15. The fourth-order valence-corrected chi connectivity index (χ4v) is 1.81. The highest BCUT2D eigenvalue weighted by Crippen LogP contribution is 2.09. The van der Waals surface area contributed by atoms with Gasteiger partial charge in [0.25, 0.3) is 0 Å². The summed E-state index contributed by atoms with van der Waals surface area (Å²) in [5, 5.41) is 3.35. The van der Waals surface area contributed by atoms with Crippen LogP contribution in [0.2, 0.25) is 0 Å². The van der Waals surface area contributed by atoms with Gasteiger partial charge in [-0.3, -0.25) is 4.79 Å². The van der Waals surface area contributed by atoms with Crippen LogP contribution < -0.4 is 5.32 Å². The first kappa shape index (κ1) is 15.6. The molecule has 1 atom stereocenters. The SMILES string of the molecule is COC(=O)CC(Cc1ccc(F)cc1)NCC(C)C. The molecule has 1 aromatic carbocycles. The molecule has 0 aliphatic rings. The number of ether oxygens (including phenoxy) is 1. The summed E-state index contributed by atoms with van der Waals surface area (Å²) in [5.74, 6) is 0.0279. The Hall–Kier alpha value is -1.42. The second-order valence-electron chi connectivity index (χ2n) is 5.11. The number of benzene rings is 1. The van der Waals surface area contributed by atoms with Crippen LogP contribution in [0.1, 0.15) is 25.8 Å². The molecule has 1 unspecified atom stereocenters. The highest BCUT2D eigenvalue weighted by molar-refractivity contribution is 5.69. The Morgan fingerprint density at radius 1 is 1.32 bits per heavy atom. The molecule has 0 saturated heterocycles. The van der Waals surface area contributed by atoms with Gasteiger partial charge in [-0.15, -0.1) is 0 Å². The van der Waals surface area contributed by atoms with Crippen molar-refractivity contribution in [3.05, 3.63) is 35.6 Å². The van der Waals surface area contributed by atoms with Gasteiger partial charge in [0, 0.05) is 6.04 Å². The molecule has 0 aliphatic carbocycles. The van der Waals surface area contributed by atoms with Gasteiger partial charge in [0.05, 0.1) is 13.5 Å². The Labute approximate surface area is 114 Å². The van der Waals surface area contributed by atoms with Gasteiger partial charge < -0.3 is 10.1 Å². The van der Waals surface area contributed by atoms with Gasteiger partial charge in [-0.2, -0.15) is 0 Å². The average Bonchev–Trinajstić information content (AvgIpc) is 2.38. The fourth-order valence-electron chi connectivity index (χ4n) is 1.81. The van der Waals surface area contributed by atoms with Crippen molar-refractivity contribution >= 4 is 5.97 Å². The molecule has 0 radical (unpaired) electrons. The maximum absolute atomic E-state index is 12.9. The number of rotatable bonds is 7. The Bertz CT molecular complexity index is 390. The summed E-state index contributed by atoms with van der Waals surface area (Å²) in [5.41, 5.74) is 1.01. The van der Waals surface area contributed by atoms with Crippen molar-refractivity contribution in [3.8, 4) is 0 Å². The van der Waals surface area contributed by atoms with Crippen LogP contribution in [0.3, 0.4) is 0 Å². The van der Waals surface area contributed by atoms with Gasteiger partial charge in [-0.1, -0.05) is 26.0 Å². The van der Waals surface area contributed by atoms with E-state index in [2.05, 4.69) is 19.2 Å². The zero-order chi connectivity index (χ0) is 14.3. The van der Waals surface area contributed by atoms with E-state index in [9.17, 15) is 9.18 Å². The fraction of sp³-hybridized carbons (Fsp3) is 0.533. The number of methoxy groups -OCH3 is 1. The van der Waals surface area contributed by atoms with Crippen molar-refractivity contribution in [3.63, 3.8) is 0 Å². The summed E-state index contributed by atoms with van der Waals surface area (Å²) >= 11 is 0. The van der Waals surface area contributed by atoms with Gasteiger partial charge in [-0.25, -0.2) is 4.39 Å². The van der Waals surface area contributed by atoms with Gasteiger partial charge >= 0.3 is 5.97 Å². The maximum Gasteiger partial charge on any atom is 0.307 e. The van der Waals surface area contributed by atoms with Crippen molar-refractivity contribution in [1.29, 1.82) is 0 Å². The molecule has 0 aliphatic heterocycles. The Morgan fingerprint density at radius 3 is 2.47 bits per heavy atom. The molecule has 0 amide bonds. The smallest absolute Gasteiger partial charge is 0.307 e. The molecule has 1 N–H and O–H groups in total. The molecule has 0 aromatic heterocycles. The number of nitrogens with one attached hydrogen (secondary N) is 1. The summed E-state index contributed by atoms with van der Waals surface area (Å²) in [7, 11) is 1.39. The second-order valence-corrected chi connectivity index (χ2v) is 5.11. The van der Waals surface area contributed by atoms with Gasteiger partial charge in [0.2, 0.25) is 0 Å². The number of esters is 1. The predicted molar refractivity (Wildman–Crippen MR) is 73.4 cm³/mol. The van der Waals surface area contributed by atoms with Crippen molar-refractivity contribution in [2.75, 3.05) is 13.7 Å². The van der Waals surface area contributed by atoms with Gasteiger partial charge in [0.15, 0.2) is 0 Å². The van der Waals surface area contributed by atoms with Crippen LogP contribution in [0.15, 0.2) is 24.3 Å². The van der Waals surface area contributed by atoms with E-state index in [-0.39, 0.29) is 17.8 Å². The normalized spacial score (nSPS) is 12.5. The maximum atomic E-state index is 12.9. The van der Waals surface area contributed by atoms with Crippen LogP contribution in [0, 0.1) is 11.7 Å². The second kappa shape index (κ2) is 7.89. The molecule has 0 fully saturated rings. The third-order valence-electron chi connectivity index (χ3n) is 2.85. The van der Waals surface area contributed by atoms with E-state index < -0.39 is 0 Å². The van der Waals surface area contributed by atoms with E-state index >= 15 is 0 Å². The molecule has 19 heavy (non-hydrogen) atoms. The third kappa shape index (κ3) is 6.34. The van der Waals surface area contributed by atoms with Gasteiger partial charge in [0.1, 0.15) is 5.82 Å². The lowest BCUT2D eigenvalue weighted by atomic mass is 10.0. The van der Waals surface area contributed by atoms with E-state index in [4.69, 9.17) is 4.74 Å². The highest BCUT2D eigenvalue weighted by atomic mass is 19.1. The third-order valence-corrected chi connectivity index (χ3v) is 2.85. The number of carbonyl (C=O) groups is 1. The average molecular weight is 267 g/mol. The lowest BCUT2D eigenvalue weighted by molar-refractivity contribution is -0.141. The monoisotopic (exact) mass is 267 g/mol. The van der Waals surface area contributed by atoms with Crippen LogP contribution in [-0.2, 0) is 16.0 Å². The van der Waals surface area contributed by atoms with Crippen LogP contribution in [0.25, 0.3) is 0 Å². The minimum absolute atomic E-state index is 0.0142. The summed E-state index contributed by atoms with van der Waals surface area (Å²) in [6.45, 7) is 5.06. The first-order chi connectivity index (χ1) is 9.01. The van der Waals surface area contributed by atoms with Crippen LogP contribution in [0.4, 0.5) is 4.39 Å². The van der Waals surface area contributed by atoms with Crippen molar-refractivity contribution in [2.24, 2.45) is 5.92 Å². The molecule has 4 heteroatoms. The first-order valence-electron chi connectivity index (χ1n) is 6.56. The molecule has 0 spiro atoms. The van der Waals surface area contributed by atoms with Crippen molar-refractivity contribution < 1.29 is 13.9 Å². The number of hydrogen-bond donors (Lipinski definition) is 1. The molecule has 0 bridgehead atoms. The number of carbonyl (C=O) groups excluding carboxylic acids is 1. The molecular formula is C15H22FNO2. The van der Waals surface area contributed by atoms with Crippen LogP contribution in [-0.4, -0.2) is 25.7 Å². The molecular weight excluding hydrogens is 245 g/mol. The minimum Gasteiger partial charge on any atom is -0.469 e. The summed E-state index contributed by atoms with van der Waals surface area (Å²) in [6, 6.07) is 6.38. The lowest BCUT2D eigenvalue weighted by Gasteiger charge is -2.19. The van der Waals surface area contributed by atoms with E-state index in [1.807, 2.05) is 0 Å². The van der Waals surface area contributed by atoms with Crippen LogP contribution in [0.5, 0.6) is 0 Å². The zero-order valence-corrected chi connectivity index (χ0v) is 11.8. The van der Waals surface area contributed by atoms with E-state index in [1.54, 1.807) is 12.1 Å². The number of hydrogen-bond acceptors (Lipinski definition) is 3. The molecule has 106 valence electrons. The van der Waals surface area contributed by atoms with E-state index in [0.717, 1.165) is 12.1 Å². The lowest BCUT2D eigenvalue weighted by Crippen LogP contribution is -2.36. The Balaban J connectivity index is 2.61. The first-order valence-corrected chi connectivity index (χ1v) is 6.56. The van der Waals surface area contributed by atoms with E-state index in [1.165, 1.54) is 19.2 Å². The largest absolute Gasteiger partial charge is 0.469 e. The zero-order valence-electron chi connectivity index (χ0n) is 11.8. The van der Waals surface area contributed by atoms with Crippen LogP contribution >= 0.6 is 0 Å². The topological polar surface area (TPSA) is 38.3 Å². The summed E-state index contributed by atoms with van der Waals surface area (Å²) < 4.78 is 17.6. The quantitative estimate of drug-likeness (QED) is 0.772. The Kier molecular flexibility index (Phi) is 6.50. The standard InChI is InChI=1S/C15H22FNO2/c1-11(2)10-17-14(9-15(18)19-3)8-12-4-6-13(16)7-5-12/h4-7,11,14,17H,8-10H2,1-3H3. The minimum atomic E-state index is -0.247. The molecule has 3 nitrogen and oxygen atoms in total. The molecule has 1 aromatic rings. The predicted octanol–water partition coefficient (Wildman–Crippen LogP) is 2.55. The number of halogens is 1. The van der Waals surface area contributed by atoms with Gasteiger partial charge in [-0.05, 0) is 36.6 Å². The van der Waals surface area contributed by atoms with E-state index in [0.29, 0.717) is 18.8 Å². The molecule has 0 saturated carbocycles.